The average Bonchev–Trinajstić information content (AvgIpc) is 2.26. The number of rotatable bonds is 5. The van der Waals surface area contributed by atoms with Crippen LogP contribution in [0.5, 0.6) is 0 Å². The number of benzene rings is 1. The Labute approximate surface area is 100.0 Å². The second-order valence-corrected chi connectivity index (χ2v) is 3.67. The van der Waals surface area contributed by atoms with Crippen LogP contribution in [0.2, 0.25) is 0 Å². The second-order valence-electron chi connectivity index (χ2n) is 3.67. The fourth-order valence-corrected chi connectivity index (χ4v) is 1.38. The maximum atomic E-state index is 13.1. The zero-order chi connectivity index (χ0) is 12.8. The predicted molar refractivity (Wildman–Crippen MR) is 65.3 cm³/mol. The molecule has 0 unspecified atom stereocenters. The highest BCUT2D eigenvalue weighted by Gasteiger charge is 2.06. The Morgan fingerprint density at radius 3 is 2.88 bits per heavy atom. The van der Waals surface area contributed by atoms with Crippen LogP contribution in [0.15, 0.2) is 12.1 Å². The highest BCUT2D eigenvalue weighted by Crippen LogP contribution is 2.22. The molecule has 0 saturated carbocycles. The number of nitrogen functional groups attached to an aromatic ring is 1. The first-order valence-electron chi connectivity index (χ1n) is 5.49. The van der Waals surface area contributed by atoms with Gasteiger partial charge in [-0.05, 0) is 31.5 Å². The number of hydrogen-bond acceptors (Lipinski definition) is 4. The van der Waals surface area contributed by atoms with Crippen LogP contribution in [0.1, 0.15) is 18.9 Å². The molecule has 0 radical (unpaired) electrons. The van der Waals surface area contributed by atoms with E-state index < -0.39 is 0 Å². The summed E-state index contributed by atoms with van der Waals surface area (Å²) < 4.78 is 17.9. The largest absolute Gasteiger partial charge is 0.466 e. The quantitative estimate of drug-likeness (QED) is 0.611. The molecule has 0 bridgehead atoms. The number of aryl methyl sites for hydroxylation is 1. The van der Waals surface area contributed by atoms with Gasteiger partial charge in [-0.2, -0.15) is 0 Å². The van der Waals surface area contributed by atoms with Crippen molar-refractivity contribution in [1.29, 1.82) is 0 Å². The van der Waals surface area contributed by atoms with E-state index in [2.05, 4.69) is 5.32 Å². The van der Waals surface area contributed by atoms with Gasteiger partial charge in [0.2, 0.25) is 0 Å². The molecule has 0 aliphatic heterocycles. The van der Waals surface area contributed by atoms with Crippen LogP contribution < -0.4 is 11.1 Å². The molecule has 0 aliphatic carbocycles. The third kappa shape index (κ3) is 3.94. The lowest BCUT2D eigenvalue weighted by Gasteiger charge is -2.10. The van der Waals surface area contributed by atoms with Gasteiger partial charge in [-0.3, -0.25) is 4.79 Å². The van der Waals surface area contributed by atoms with Crippen LogP contribution in [0.4, 0.5) is 15.8 Å². The van der Waals surface area contributed by atoms with Crippen molar-refractivity contribution in [2.24, 2.45) is 0 Å². The zero-order valence-corrected chi connectivity index (χ0v) is 10.0. The van der Waals surface area contributed by atoms with E-state index in [9.17, 15) is 9.18 Å². The minimum atomic E-state index is -0.335. The summed E-state index contributed by atoms with van der Waals surface area (Å²) >= 11 is 0. The summed E-state index contributed by atoms with van der Waals surface area (Å²) in [6.45, 7) is 4.20. The summed E-state index contributed by atoms with van der Waals surface area (Å²) in [7, 11) is 0. The molecule has 0 saturated heterocycles. The Morgan fingerprint density at radius 1 is 1.53 bits per heavy atom. The standard InChI is InChI=1S/C12H17FN2O2/c1-3-17-12(16)4-5-15-11-6-8(2)9(13)7-10(11)14/h6-7,15H,3-5,14H2,1-2H3. The molecule has 1 aromatic carbocycles. The third-order valence-corrected chi connectivity index (χ3v) is 2.28. The Bertz CT molecular complexity index is 408. The summed E-state index contributed by atoms with van der Waals surface area (Å²) in [6.07, 6.45) is 0.254. The smallest absolute Gasteiger partial charge is 0.307 e. The molecule has 0 fully saturated rings. The van der Waals surface area contributed by atoms with E-state index >= 15 is 0 Å². The average molecular weight is 240 g/mol. The van der Waals surface area contributed by atoms with E-state index in [1.54, 1.807) is 19.9 Å². The number of carbonyl (C=O) groups excluding carboxylic acids is 1. The molecule has 0 spiro atoms. The zero-order valence-electron chi connectivity index (χ0n) is 10.0. The van der Waals surface area contributed by atoms with Gasteiger partial charge in [0.15, 0.2) is 0 Å². The van der Waals surface area contributed by atoms with Gasteiger partial charge in [-0.1, -0.05) is 0 Å². The Kier molecular flexibility index (Phi) is 4.75. The lowest BCUT2D eigenvalue weighted by atomic mass is 10.2. The fourth-order valence-electron chi connectivity index (χ4n) is 1.38. The number of nitrogens with one attached hydrogen (secondary N) is 1. The minimum Gasteiger partial charge on any atom is -0.466 e. The van der Waals surface area contributed by atoms with Gasteiger partial charge in [0, 0.05) is 6.54 Å². The number of ether oxygens (including phenoxy) is 1. The van der Waals surface area contributed by atoms with Crippen LogP contribution >= 0.6 is 0 Å². The molecule has 5 heteroatoms. The van der Waals surface area contributed by atoms with Gasteiger partial charge >= 0.3 is 5.97 Å². The van der Waals surface area contributed by atoms with Gasteiger partial charge in [0.1, 0.15) is 5.82 Å². The molecular formula is C12H17FN2O2. The van der Waals surface area contributed by atoms with Crippen LogP contribution in [-0.2, 0) is 9.53 Å². The Balaban J connectivity index is 2.52. The van der Waals surface area contributed by atoms with Crippen molar-refractivity contribution < 1.29 is 13.9 Å². The monoisotopic (exact) mass is 240 g/mol. The molecule has 0 aliphatic rings. The molecule has 0 amide bonds. The van der Waals surface area contributed by atoms with E-state index in [0.717, 1.165) is 0 Å². The molecule has 17 heavy (non-hydrogen) atoms. The maximum absolute atomic E-state index is 13.1. The molecule has 4 nitrogen and oxygen atoms in total. The van der Waals surface area contributed by atoms with Crippen LogP contribution in [0.3, 0.4) is 0 Å². The van der Waals surface area contributed by atoms with Crippen molar-refractivity contribution in [3.8, 4) is 0 Å². The number of esters is 1. The highest BCUT2D eigenvalue weighted by atomic mass is 19.1. The number of carbonyl (C=O) groups is 1. The highest BCUT2D eigenvalue weighted by molar-refractivity contribution is 5.71. The van der Waals surface area contributed by atoms with Gasteiger partial charge in [-0.15, -0.1) is 0 Å². The van der Waals surface area contributed by atoms with Crippen LogP contribution in [0.25, 0.3) is 0 Å². The topological polar surface area (TPSA) is 64.3 Å². The third-order valence-electron chi connectivity index (χ3n) is 2.28. The van der Waals surface area contributed by atoms with E-state index in [1.165, 1.54) is 6.07 Å². The van der Waals surface area contributed by atoms with Crippen molar-refractivity contribution in [3.05, 3.63) is 23.5 Å². The van der Waals surface area contributed by atoms with Crippen molar-refractivity contribution in [2.45, 2.75) is 20.3 Å². The summed E-state index contributed by atoms with van der Waals surface area (Å²) in [5, 5.41) is 2.98. The first kappa shape index (κ1) is 13.3. The van der Waals surface area contributed by atoms with E-state index in [-0.39, 0.29) is 18.2 Å². The van der Waals surface area contributed by atoms with Crippen molar-refractivity contribution in [2.75, 3.05) is 24.2 Å². The molecule has 3 N–H and O–H groups in total. The Hall–Kier alpha value is -1.78. The van der Waals surface area contributed by atoms with Crippen LogP contribution in [-0.4, -0.2) is 19.1 Å². The first-order valence-corrected chi connectivity index (χ1v) is 5.49. The molecule has 0 atom stereocenters. The predicted octanol–water partition coefficient (Wildman–Crippen LogP) is 2.08. The van der Waals surface area contributed by atoms with Crippen LogP contribution in [0, 0.1) is 12.7 Å². The number of hydrogen-bond donors (Lipinski definition) is 2. The summed E-state index contributed by atoms with van der Waals surface area (Å²) in [4.78, 5) is 11.1. The molecular weight excluding hydrogens is 223 g/mol. The van der Waals surface area contributed by atoms with Gasteiger partial charge in [-0.25, -0.2) is 4.39 Å². The molecule has 1 rings (SSSR count). The van der Waals surface area contributed by atoms with Crippen molar-refractivity contribution in [1.82, 2.24) is 0 Å². The van der Waals surface area contributed by atoms with E-state index in [0.29, 0.717) is 30.1 Å². The SMILES string of the molecule is CCOC(=O)CCNc1cc(C)c(F)cc1N. The minimum absolute atomic E-state index is 0.254. The summed E-state index contributed by atoms with van der Waals surface area (Å²) in [6, 6.07) is 2.89. The van der Waals surface area contributed by atoms with Gasteiger partial charge in [0.25, 0.3) is 0 Å². The normalized spacial score (nSPS) is 10.1. The maximum Gasteiger partial charge on any atom is 0.307 e. The lowest BCUT2D eigenvalue weighted by Crippen LogP contribution is -2.12. The Morgan fingerprint density at radius 2 is 2.24 bits per heavy atom. The van der Waals surface area contributed by atoms with Gasteiger partial charge < -0.3 is 15.8 Å². The molecule has 94 valence electrons. The first-order chi connectivity index (χ1) is 8.04. The number of halogens is 1. The van der Waals surface area contributed by atoms with E-state index in [1.807, 2.05) is 0 Å². The fraction of sp³-hybridized carbons (Fsp3) is 0.417. The summed E-state index contributed by atoms with van der Waals surface area (Å²) in [5.74, 6) is -0.601. The second kappa shape index (κ2) is 6.08. The molecule has 0 aromatic heterocycles. The summed E-state index contributed by atoms with van der Waals surface area (Å²) in [5.41, 5.74) is 7.12. The molecule has 1 aromatic rings. The van der Waals surface area contributed by atoms with Crippen molar-refractivity contribution >= 4 is 17.3 Å². The number of nitrogens with two attached hydrogens (primary N) is 1. The van der Waals surface area contributed by atoms with Gasteiger partial charge in [0.05, 0.1) is 24.4 Å². The van der Waals surface area contributed by atoms with E-state index in [4.69, 9.17) is 10.5 Å². The lowest BCUT2D eigenvalue weighted by molar-refractivity contribution is -0.142. The molecule has 0 heterocycles. The van der Waals surface area contributed by atoms with Crippen molar-refractivity contribution in [3.63, 3.8) is 0 Å². The number of anilines is 2.